The molecule has 1 aliphatic heterocycles. The van der Waals surface area contributed by atoms with Crippen LogP contribution in [0.25, 0.3) is 11.1 Å². The van der Waals surface area contributed by atoms with Crippen LogP contribution in [0.2, 0.25) is 0 Å². The lowest BCUT2D eigenvalue weighted by Crippen LogP contribution is -2.41. The predicted octanol–water partition coefficient (Wildman–Crippen LogP) is 3.90. The van der Waals surface area contributed by atoms with Gasteiger partial charge in [-0.1, -0.05) is 48.9 Å². The summed E-state index contributed by atoms with van der Waals surface area (Å²) in [5.41, 5.74) is 11.9. The van der Waals surface area contributed by atoms with Crippen molar-refractivity contribution in [3.63, 3.8) is 0 Å². The third-order valence-electron chi connectivity index (χ3n) is 6.30. The summed E-state index contributed by atoms with van der Waals surface area (Å²) >= 11 is 0. The SMILES string of the molecule is CC(C(N)=O)c1ccc(-c2ccc3c(c2)CCN(C2CCC2)CC3)cc1. The number of benzene rings is 2. The molecule has 2 aliphatic rings. The van der Waals surface area contributed by atoms with E-state index in [4.69, 9.17) is 5.73 Å². The number of carbonyl (C=O) groups excluding carboxylic acids is 1. The summed E-state index contributed by atoms with van der Waals surface area (Å²) in [7, 11) is 0. The Hall–Kier alpha value is -2.13. The summed E-state index contributed by atoms with van der Waals surface area (Å²) < 4.78 is 0. The van der Waals surface area contributed by atoms with E-state index in [0.29, 0.717) is 0 Å². The van der Waals surface area contributed by atoms with Crippen molar-refractivity contribution in [2.45, 2.75) is 51.0 Å². The molecule has 0 radical (unpaired) electrons. The van der Waals surface area contributed by atoms with Crippen LogP contribution in [-0.4, -0.2) is 29.9 Å². The van der Waals surface area contributed by atoms with Gasteiger partial charge in [0.1, 0.15) is 0 Å². The van der Waals surface area contributed by atoms with Gasteiger partial charge >= 0.3 is 0 Å². The molecule has 1 saturated carbocycles. The fourth-order valence-electron chi connectivity index (χ4n) is 4.17. The van der Waals surface area contributed by atoms with E-state index >= 15 is 0 Å². The highest BCUT2D eigenvalue weighted by Gasteiger charge is 2.26. The highest BCUT2D eigenvalue weighted by atomic mass is 16.1. The molecule has 3 nitrogen and oxygen atoms in total. The van der Waals surface area contributed by atoms with E-state index in [1.54, 1.807) is 0 Å². The number of carbonyl (C=O) groups is 1. The van der Waals surface area contributed by atoms with Gasteiger partial charge in [0.05, 0.1) is 5.92 Å². The molecule has 1 aliphatic carbocycles. The summed E-state index contributed by atoms with van der Waals surface area (Å²) in [5, 5.41) is 0. The summed E-state index contributed by atoms with van der Waals surface area (Å²) in [4.78, 5) is 14.1. The number of nitrogens with zero attached hydrogens (tertiary/aromatic N) is 1. The number of fused-ring (bicyclic) bond motifs is 1. The fraction of sp³-hybridized carbons (Fsp3) is 0.435. The molecule has 26 heavy (non-hydrogen) atoms. The lowest BCUT2D eigenvalue weighted by molar-refractivity contribution is -0.119. The minimum absolute atomic E-state index is 0.242. The van der Waals surface area contributed by atoms with Crippen molar-refractivity contribution < 1.29 is 4.79 Å². The quantitative estimate of drug-likeness (QED) is 0.911. The highest BCUT2D eigenvalue weighted by Crippen LogP contribution is 2.30. The number of amides is 1. The molecule has 1 heterocycles. The van der Waals surface area contributed by atoms with Crippen molar-refractivity contribution in [3.05, 3.63) is 59.2 Å². The third-order valence-corrected chi connectivity index (χ3v) is 6.30. The van der Waals surface area contributed by atoms with Gasteiger partial charge in [-0.3, -0.25) is 9.69 Å². The average Bonchev–Trinajstić information content (AvgIpc) is 2.82. The van der Waals surface area contributed by atoms with E-state index in [0.717, 1.165) is 18.0 Å². The topological polar surface area (TPSA) is 46.3 Å². The van der Waals surface area contributed by atoms with E-state index in [1.165, 1.54) is 61.0 Å². The molecule has 2 aromatic rings. The molecule has 2 aromatic carbocycles. The van der Waals surface area contributed by atoms with Crippen molar-refractivity contribution in [3.8, 4) is 11.1 Å². The average molecular weight is 348 g/mol. The number of primary amides is 1. The summed E-state index contributed by atoms with van der Waals surface area (Å²) in [5.74, 6) is -0.521. The number of nitrogens with two attached hydrogens (primary N) is 1. The number of hydrogen-bond acceptors (Lipinski definition) is 2. The van der Waals surface area contributed by atoms with Crippen molar-refractivity contribution in [2.24, 2.45) is 5.73 Å². The van der Waals surface area contributed by atoms with Gasteiger partial charge in [-0.2, -0.15) is 0 Å². The molecule has 1 atom stereocenters. The van der Waals surface area contributed by atoms with Gasteiger partial charge in [0.25, 0.3) is 0 Å². The maximum atomic E-state index is 11.4. The second kappa shape index (κ2) is 7.24. The lowest BCUT2D eigenvalue weighted by atomic mass is 9.91. The second-order valence-electron chi connectivity index (χ2n) is 7.85. The third kappa shape index (κ3) is 3.41. The van der Waals surface area contributed by atoms with E-state index in [-0.39, 0.29) is 11.8 Å². The maximum absolute atomic E-state index is 11.4. The van der Waals surface area contributed by atoms with Gasteiger partial charge in [-0.05, 0) is 60.4 Å². The molecule has 1 amide bonds. The molecule has 0 saturated heterocycles. The molecule has 136 valence electrons. The minimum atomic E-state index is -0.279. The number of rotatable bonds is 4. The van der Waals surface area contributed by atoms with E-state index in [2.05, 4.69) is 35.2 Å². The Morgan fingerprint density at radius 3 is 2.27 bits per heavy atom. The summed E-state index contributed by atoms with van der Waals surface area (Å²) in [6.45, 7) is 4.25. The van der Waals surface area contributed by atoms with Crippen LogP contribution in [0.3, 0.4) is 0 Å². The maximum Gasteiger partial charge on any atom is 0.224 e. The van der Waals surface area contributed by atoms with Gasteiger partial charge in [0, 0.05) is 19.1 Å². The van der Waals surface area contributed by atoms with Crippen molar-refractivity contribution in [2.75, 3.05) is 13.1 Å². The predicted molar refractivity (Wildman–Crippen MR) is 106 cm³/mol. The van der Waals surface area contributed by atoms with E-state index in [9.17, 15) is 4.79 Å². The summed E-state index contributed by atoms with van der Waals surface area (Å²) in [6, 6.07) is 16.0. The van der Waals surface area contributed by atoms with Crippen LogP contribution in [0.15, 0.2) is 42.5 Å². The van der Waals surface area contributed by atoms with Crippen LogP contribution in [0.1, 0.15) is 48.8 Å². The van der Waals surface area contributed by atoms with Gasteiger partial charge in [0.2, 0.25) is 5.91 Å². The first-order chi connectivity index (χ1) is 12.6. The Bertz CT molecular complexity index is 792. The molecule has 1 unspecified atom stereocenters. The normalized spacial score (nSPS) is 19.3. The lowest BCUT2D eigenvalue weighted by Gasteiger charge is -2.36. The van der Waals surface area contributed by atoms with Gasteiger partial charge in [-0.25, -0.2) is 0 Å². The van der Waals surface area contributed by atoms with Gasteiger partial charge in [-0.15, -0.1) is 0 Å². The van der Waals surface area contributed by atoms with Crippen LogP contribution in [0, 0.1) is 0 Å². The van der Waals surface area contributed by atoms with Crippen molar-refractivity contribution in [1.29, 1.82) is 0 Å². The fourth-order valence-corrected chi connectivity index (χ4v) is 4.17. The van der Waals surface area contributed by atoms with Crippen molar-refractivity contribution in [1.82, 2.24) is 4.90 Å². The van der Waals surface area contributed by atoms with E-state index in [1.807, 2.05) is 19.1 Å². The van der Waals surface area contributed by atoms with E-state index < -0.39 is 0 Å². The molecule has 1 fully saturated rings. The first-order valence-electron chi connectivity index (χ1n) is 9.87. The second-order valence-corrected chi connectivity index (χ2v) is 7.85. The standard InChI is InChI=1S/C23H28N2O/c1-16(23(24)26)17-5-7-18(8-6-17)20-10-9-19-11-13-25(22-3-2-4-22)14-12-21(19)15-20/h5-10,15-16,22H,2-4,11-14H2,1H3,(H2,24,26). The summed E-state index contributed by atoms with van der Waals surface area (Å²) in [6.07, 6.45) is 6.50. The first kappa shape index (κ1) is 17.3. The molecule has 0 bridgehead atoms. The molecule has 3 heteroatoms. The number of hydrogen-bond donors (Lipinski definition) is 1. The molecular formula is C23H28N2O. The minimum Gasteiger partial charge on any atom is -0.369 e. The Morgan fingerprint density at radius 2 is 1.65 bits per heavy atom. The molecule has 0 spiro atoms. The van der Waals surface area contributed by atoms with Crippen LogP contribution in [0.4, 0.5) is 0 Å². The van der Waals surface area contributed by atoms with Crippen LogP contribution < -0.4 is 5.73 Å². The smallest absolute Gasteiger partial charge is 0.224 e. The zero-order valence-electron chi connectivity index (χ0n) is 15.6. The molecule has 2 N–H and O–H groups in total. The Balaban J connectivity index is 1.52. The Kier molecular flexibility index (Phi) is 4.82. The molecule has 4 rings (SSSR count). The molecule has 0 aromatic heterocycles. The Morgan fingerprint density at radius 1 is 1.00 bits per heavy atom. The zero-order valence-corrected chi connectivity index (χ0v) is 15.6. The Labute approximate surface area is 156 Å². The highest BCUT2D eigenvalue weighted by molar-refractivity contribution is 5.81. The van der Waals surface area contributed by atoms with Crippen molar-refractivity contribution >= 4 is 5.91 Å². The van der Waals surface area contributed by atoms with Gasteiger partial charge < -0.3 is 5.73 Å². The van der Waals surface area contributed by atoms with Crippen LogP contribution in [0.5, 0.6) is 0 Å². The molecular weight excluding hydrogens is 320 g/mol. The first-order valence-corrected chi connectivity index (χ1v) is 9.87. The van der Waals surface area contributed by atoms with Crippen LogP contribution >= 0.6 is 0 Å². The van der Waals surface area contributed by atoms with Gasteiger partial charge in [0.15, 0.2) is 0 Å². The van der Waals surface area contributed by atoms with Crippen LogP contribution in [-0.2, 0) is 17.6 Å². The largest absolute Gasteiger partial charge is 0.369 e. The zero-order chi connectivity index (χ0) is 18.1. The monoisotopic (exact) mass is 348 g/mol.